The standard InChI is InChI=1S/C17H11FN3O2.CHF3O3S/c1-20-14-15(21(19-20)11-8-6-10(18)7-9-11)17(23)13-5-3-2-4-12(13)16(14)22;2-1(3,4)8(5,6)7/h2-9H,1H3;(H,5,6,7)/q+1;/p-1. The lowest BCUT2D eigenvalue weighted by Crippen LogP contribution is -2.39. The average Bonchev–Trinajstić information content (AvgIpc) is 3.03. The summed E-state index contributed by atoms with van der Waals surface area (Å²) in [7, 11) is -4.48. The SMILES string of the molecule is C[n+]1nn(-c2ccc(F)cc2)c2c1C(=O)c1ccccc1C2=O.O=S(=O)([O-])C(F)(F)F. The quantitative estimate of drug-likeness (QED) is 0.186. The zero-order valence-corrected chi connectivity index (χ0v) is 16.2. The van der Waals surface area contributed by atoms with Crippen molar-refractivity contribution in [1.82, 2.24) is 9.90 Å². The number of alkyl halides is 3. The molecule has 1 aliphatic rings. The van der Waals surface area contributed by atoms with E-state index in [1.165, 1.54) is 33.6 Å². The maximum Gasteiger partial charge on any atom is 0.485 e. The lowest BCUT2D eigenvalue weighted by Gasteiger charge is -2.10. The van der Waals surface area contributed by atoms with Crippen molar-refractivity contribution in [2.45, 2.75) is 5.51 Å². The molecule has 31 heavy (non-hydrogen) atoms. The number of ketones is 2. The molecular formula is C18H11F4N3O5S. The smallest absolute Gasteiger partial charge is 0.485 e. The molecule has 0 spiro atoms. The monoisotopic (exact) mass is 457 g/mol. The van der Waals surface area contributed by atoms with Crippen LogP contribution in [0.1, 0.15) is 32.1 Å². The first-order valence-electron chi connectivity index (χ1n) is 8.29. The van der Waals surface area contributed by atoms with Crippen LogP contribution < -0.4 is 4.68 Å². The molecule has 4 rings (SSSR count). The van der Waals surface area contributed by atoms with Crippen molar-refractivity contribution in [3.05, 3.63) is 76.9 Å². The van der Waals surface area contributed by atoms with Crippen molar-refractivity contribution in [3.8, 4) is 5.69 Å². The highest BCUT2D eigenvalue weighted by Gasteiger charge is 2.42. The highest BCUT2D eigenvalue weighted by Crippen LogP contribution is 2.26. The van der Waals surface area contributed by atoms with E-state index in [2.05, 4.69) is 5.21 Å². The van der Waals surface area contributed by atoms with Gasteiger partial charge in [-0.05, 0) is 24.3 Å². The number of carbonyl (C=O) groups is 2. The van der Waals surface area contributed by atoms with E-state index in [0.717, 1.165) is 0 Å². The van der Waals surface area contributed by atoms with Crippen LogP contribution >= 0.6 is 0 Å². The molecule has 0 unspecified atom stereocenters. The van der Waals surface area contributed by atoms with Crippen LogP contribution in [0.3, 0.4) is 0 Å². The van der Waals surface area contributed by atoms with Gasteiger partial charge in [-0.15, -0.1) is 4.68 Å². The molecule has 0 saturated carbocycles. The van der Waals surface area contributed by atoms with E-state index in [1.807, 2.05) is 0 Å². The summed E-state index contributed by atoms with van der Waals surface area (Å²) in [6, 6.07) is 12.3. The van der Waals surface area contributed by atoms with E-state index in [1.54, 1.807) is 31.3 Å². The molecule has 1 aromatic heterocycles. The normalized spacial score (nSPS) is 13.2. The molecule has 8 nitrogen and oxygen atoms in total. The number of fused-ring (bicyclic) bond motifs is 2. The third-order valence-corrected chi connectivity index (χ3v) is 4.75. The Bertz CT molecular complexity index is 1300. The van der Waals surface area contributed by atoms with E-state index < -0.39 is 15.6 Å². The van der Waals surface area contributed by atoms with Gasteiger partial charge in [-0.1, -0.05) is 28.9 Å². The molecule has 0 bridgehead atoms. The molecule has 0 aliphatic heterocycles. The van der Waals surface area contributed by atoms with Crippen molar-refractivity contribution in [2.24, 2.45) is 7.05 Å². The maximum absolute atomic E-state index is 13.1. The number of aromatic nitrogens is 3. The Balaban J connectivity index is 0.000000293. The molecule has 0 amide bonds. The molecule has 1 heterocycles. The summed E-state index contributed by atoms with van der Waals surface area (Å²) in [6.45, 7) is 0. The van der Waals surface area contributed by atoms with Gasteiger partial charge in [0.1, 0.15) is 12.9 Å². The predicted octanol–water partition coefficient (Wildman–Crippen LogP) is 1.66. The summed E-state index contributed by atoms with van der Waals surface area (Å²) < 4.78 is 74.8. The van der Waals surface area contributed by atoms with Gasteiger partial charge in [0, 0.05) is 11.1 Å². The summed E-state index contributed by atoms with van der Waals surface area (Å²) in [4.78, 5) is 25.5. The summed E-state index contributed by atoms with van der Waals surface area (Å²) in [6.07, 6.45) is 0. The zero-order chi connectivity index (χ0) is 23.1. The van der Waals surface area contributed by atoms with E-state index in [9.17, 15) is 27.2 Å². The minimum Gasteiger partial charge on any atom is -0.741 e. The number of rotatable bonds is 1. The number of hydrogen-bond donors (Lipinski definition) is 0. The molecule has 1 aliphatic carbocycles. The predicted molar refractivity (Wildman–Crippen MR) is 93.8 cm³/mol. The van der Waals surface area contributed by atoms with Gasteiger partial charge in [0.25, 0.3) is 5.69 Å². The van der Waals surface area contributed by atoms with Crippen molar-refractivity contribution in [2.75, 3.05) is 0 Å². The molecule has 3 aromatic rings. The molecular weight excluding hydrogens is 446 g/mol. The third-order valence-electron chi connectivity index (χ3n) is 4.18. The number of nitrogens with zero attached hydrogens (tertiary/aromatic N) is 3. The number of benzene rings is 2. The molecule has 0 radical (unpaired) electrons. The fourth-order valence-corrected chi connectivity index (χ4v) is 2.83. The molecule has 0 N–H and O–H groups in total. The van der Waals surface area contributed by atoms with Crippen LogP contribution in [0.2, 0.25) is 0 Å². The Morgan fingerprint density at radius 3 is 1.94 bits per heavy atom. The number of aryl methyl sites for hydroxylation is 1. The van der Waals surface area contributed by atoms with Gasteiger partial charge in [0.15, 0.2) is 15.8 Å². The lowest BCUT2D eigenvalue weighted by molar-refractivity contribution is -0.733. The first kappa shape index (κ1) is 22.2. The summed E-state index contributed by atoms with van der Waals surface area (Å²) in [5.74, 6) is -0.898. The van der Waals surface area contributed by atoms with Crippen LogP contribution in [-0.4, -0.2) is 39.9 Å². The fourth-order valence-electron chi connectivity index (χ4n) is 2.83. The second-order valence-electron chi connectivity index (χ2n) is 6.20. The van der Waals surface area contributed by atoms with Gasteiger partial charge in [-0.2, -0.15) is 13.2 Å². The van der Waals surface area contributed by atoms with E-state index in [4.69, 9.17) is 13.0 Å². The van der Waals surface area contributed by atoms with Crippen LogP contribution in [0.25, 0.3) is 5.69 Å². The molecule has 0 saturated heterocycles. The summed E-state index contributed by atoms with van der Waals surface area (Å²) >= 11 is 0. The largest absolute Gasteiger partial charge is 0.741 e. The van der Waals surface area contributed by atoms with Crippen LogP contribution in [0.4, 0.5) is 17.6 Å². The molecule has 0 atom stereocenters. The minimum atomic E-state index is -6.09. The van der Waals surface area contributed by atoms with Gasteiger partial charge in [0.2, 0.25) is 17.3 Å². The minimum absolute atomic E-state index is 0.197. The zero-order valence-electron chi connectivity index (χ0n) is 15.4. The molecule has 162 valence electrons. The highest BCUT2D eigenvalue weighted by molar-refractivity contribution is 7.86. The number of carbonyl (C=O) groups excluding carboxylic acids is 2. The van der Waals surface area contributed by atoms with Crippen molar-refractivity contribution < 1.29 is 44.8 Å². The fraction of sp³-hybridized carbons (Fsp3) is 0.111. The van der Waals surface area contributed by atoms with Crippen molar-refractivity contribution >= 4 is 21.7 Å². The molecule has 2 aromatic carbocycles. The topological polar surface area (TPSA) is 113 Å². The first-order valence-corrected chi connectivity index (χ1v) is 9.69. The Morgan fingerprint density at radius 1 is 0.968 bits per heavy atom. The van der Waals surface area contributed by atoms with Gasteiger partial charge in [0.05, 0.1) is 5.21 Å². The van der Waals surface area contributed by atoms with Gasteiger partial charge >= 0.3 is 5.51 Å². The van der Waals surface area contributed by atoms with Gasteiger partial charge < -0.3 is 4.55 Å². The second kappa shape index (κ2) is 7.67. The number of halogens is 4. The van der Waals surface area contributed by atoms with Crippen LogP contribution in [0, 0.1) is 5.82 Å². The van der Waals surface area contributed by atoms with E-state index in [-0.39, 0.29) is 28.8 Å². The Labute approximate surface area is 172 Å². The second-order valence-corrected chi connectivity index (χ2v) is 7.57. The van der Waals surface area contributed by atoms with Crippen LogP contribution in [0.15, 0.2) is 48.5 Å². The van der Waals surface area contributed by atoms with Gasteiger partial charge in [-0.3, -0.25) is 9.59 Å². The van der Waals surface area contributed by atoms with Crippen LogP contribution in [-0.2, 0) is 17.2 Å². The highest BCUT2D eigenvalue weighted by atomic mass is 32.2. The maximum atomic E-state index is 13.1. The molecule has 13 heteroatoms. The first-order chi connectivity index (χ1) is 14.3. The number of hydrogen-bond acceptors (Lipinski definition) is 6. The van der Waals surface area contributed by atoms with E-state index in [0.29, 0.717) is 16.8 Å². The van der Waals surface area contributed by atoms with E-state index >= 15 is 0 Å². The summed E-state index contributed by atoms with van der Waals surface area (Å²) in [5.41, 5.74) is -3.97. The molecule has 0 fully saturated rings. The van der Waals surface area contributed by atoms with Crippen molar-refractivity contribution in [3.63, 3.8) is 0 Å². The Morgan fingerprint density at radius 2 is 1.45 bits per heavy atom. The third kappa shape index (κ3) is 4.09. The lowest BCUT2D eigenvalue weighted by atomic mass is 9.90. The summed E-state index contributed by atoms with van der Waals surface area (Å²) in [5, 5.41) is 4.25. The average molecular weight is 457 g/mol. The van der Waals surface area contributed by atoms with Gasteiger partial charge in [-0.25, -0.2) is 12.8 Å². The Kier molecular flexibility index (Phi) is 5.50. The Hall–Kier alpha value is -3.45. The van der Waals surface area contributed by atoms with Crippen LogP contribution in [0.5, 0.6) is 0 Å². The van der Waals surface area contributed by atoms with Crippen molar-refractivity contribution in [1.29, 1.82) is 0 Å².